The van der Waals surface area contributed by atoms with E-state index in [-0.39, 0.29) is 0 Å². The number of hydrogen-bond donors (Lipinski definition) is 0. The lowest BCUT2D eigenvalue weighted by Gasteiger charge is -2.60. The van der Waals surface area contributed by atoms with Crippen LogP contribution in [0.15, 0.2) is 24.3 Å². The Balaban J connectivity index is 1.41. The molecule has 0 saturated heterocycles. The van der Waals surface area contributed by atoms with Gasteiger partial charge >= 0.3 is 0 Å². The lowest BCUT2D eigenvalue weighted by atomic mass is 9.44. The fourth-order valence-electron chi connectivity index (χ4n) is 8.46. The molecule has 2 heterocycles. The zero-order valence-corrected chi connectivity index (χ0v) is 20.9. The second-order valence-electron chi connectivity index (χ2n) is 12.6. The minimum absolute atomic E-state index is 0.432. The molecule has 2 saturated carbocycles. The molecular weight excluding hydrogens is 388 g/mol. The van der Waals surface area contributed by atoms with Crippen LogP contribution in [0.25, 0.3) is 11.4 Å². The highest BCUT2D eigenvalue weighted by atomic mass is 14.8. The van der Waals surface area contributed by atoms with Crippen molar-refractivity contribution < 1.29 is 0 Å². The summed E-state index contributed by atoms with van der Waals surface area (Å²) in [6.45, 7) is 14.6. The number of aromatic nitrogens is 2. The number of hydrogen-bond acceptors (Lipinski definition) is 2. The molecule has 0 aromatic carbocycles. The van der Waals surface area contributed by atoms with Gasteiger partial charge in [-0.25, -0.2) is 0 Å². The van der Waals surface area contributed by atoms with Crippen molar-refractivity contribution in [3.8, 4) is 11.4 Å². The molecule has 2 aromatic rings. The highest BCUT2D eigenvalue weighted by Crippen LogP contribution is 2.68. The van der Waals surface area contributed by atoms with Crippen molar-refractivity contribution in [3.63, 3.8) is 0 Å². The van der Waals surface area contributed by atoms with Crippen LogP contribution in [0.3, 0.4) is 0 Å². The Morgan fingerprint density at radius 2 is 1.09 bits per heavy atom. The van der Waals surface area contributed by atoms with Gasteiger partial charge in [-0.15, -0.1) is 0 Å². The Morgan fingerprint density at radius 1 is 0.688 bits per heavy atom. The van der Waals surface area contributed by atoms with E-state index in [0.717, 1.165) is 23.2 Å². The first-order chi connectivity index (χ1) is 15.3. The molecule has 170 valence electrons. The molecule has 2 heteroatoms. The molecule has 2 unspecified atom stereocenters. The predicted molar refractivity (Wildman–Crippen MR) is 132 cm³/mol. The topological polar surface area (TPSA) is 25.8 Å². The van der Waals surface area contributed by atoms with Gasteiger partial charge in [-0.2, -0.15) is 0 Å². The minimum Gasteiger partial charge on any atom is -0.251 e. The lowest BCUT2D eigenvalue weighted by molar-refractivity contribution is -0.0101. The Kier molecular flexibility index (Phi) is 4.50. The molecule has 32 heavy (non-hydrogen) atoms. The van der Waals surface area contributed by atoms with Crippen molar-refractivity contribution in [3.05, 3.63) is 46.8 Å². The van der Waals surface area contributed by atoms with Crippen LogP contribution in [0.1, 0.15) is 126 Å². The summed E-state index contributed by atoms with van der Waals surface area (Å²) in [7, 11) is 0. The summed E-state index contributed by atoms with van der Waals surface area (Å²) >= 11 is 0. The maximum absolute atomic E-state index is 5.35. The maximum atomic E-state index is 5.35. The highest BCUT2D eigenvalue weighted by Gasteiger charge is 2.58. The maximum Gasteiger partial charge on any atom is 0.0889 e. The van der Waals surface area contributed by atoms with E-state index in [0.29, 0.717) is 34.5 Å². The average Bonchev–Trinajstić information content (AvgIpc) is 2.78. The van der Waals surface area contributed by atoms with E-state index >= 15 is 0 Å². The Bertz CT molecular complexity index is 979. The van der Waals surface area contributed by atoms with Crippen molar-refractivity contribution in [2.75, 3.05) is 0 Å². The first-order valence-corrected chi connectivity index (χ1v) is 13.3. The molecule has 0 aliphatic heterocycles. The monoisotopic (exact) mass is 428 g/mol. The Labute approximate surface area is 194 Å². The molecule has 0 N–H and O–H groups in total. The first kappa shape index (κ1) is 20.9. The van der Waals surface area contributed by atoms with Crippen molar-refractivity contribution in [1.82, 2.24) is 9.97 Å². The van der Waals surface area contributed by atoms with E-state index in [2.05, 4.69) is 65.8 Å². The van der Waals surface area contributed by atoms with E-state index < -0.39 is 0 Å². The lowest BCUT2D eigenvalue weighted by Crippen LogP contribution is -2.50. The van der Waals surface area contributed by atoms with Crippen LogP contribution in [0.4, 0.5) is 0 Å². The summed E-state index contributed by atoms with van der Waals surface area (Å²) in [4.78, 5) is 10.7. The normalized spacial score (nSPS) is 34.7. The van der Waals surface area contributed by atoms with Crippen molar-refractivity contribution in [2.45, 2.75) is 104 Å². The molecule has 2 nitrogen and oxygen atoms in total. The summed E-state index contributed by atoms with van der Waals surface area (Å²) in [5, 5.41) is 0. The average molecular weight is 429 g/mol. The van der Waals surface area contributed by atoms with Crippen LogP contribution in [0.2, 0.25) is 0 Å². The minimum atomic E-state index is 0.432. The summed E-state index contributed by atoms with van der Waals surface area (Å²) in [5.74, 6) is 4.21. The standard InChI is InChI=1S/C30H40N2/c1-7-9-17-21-15-23(29(21,3)4)19-11-13-25(31-27(17)19)26-14-12-20-24-16-22(30(24,5)6)18(10-8-2)28(20)32-26/h11-14,17-18,21-24H,7-10,15-16H2,1-6H3/t17?,18?,21-,22-,23+,24+/m1/s1. The van der Waals surface area contributed by atoms with Gasteiger partial charge in [0.05, 0.1) is 11.4 Å². The second-order valence-corrected chi connectivity index (χ2v) is 12.6. The van der Waals surface area contributed by atoms with Gasteiger partial charge in [-0.3, -0.25) is 9.97 Å². The molecule has 6 aliphatic rings. The fraction of sp³-hybridized carbons (Fsp3) is 0.667. The van der Waals surface area contributed by atoms with Crippen LogP contribution in [0, 0.1) is 22.7 Å². The number of rotatable bonds is 5. The second kappa shape index (κ2) is 6.90. The highest BCUT2D eigenvalue weighted by molar-refractivity contribution is 5.59. The van der Waals surface area contributed by atoms with Gasteiger partial charge in [0.2, 0.25) is 0 Å². The number of nitrogens with zero attached hydrogens (tertiary/aromatic N) is 2. The molecular formula is C30H40N2. The van der Waals surface area contributed by atoms with Crippen LogP contribution in [-0.2, 0) is 0 Å². The van der Waals surface area contributed by atoms with E-state index in [9.17, 15) is 0 Å². The summed E-state index contributed by atoms with van der Waals surface area (Å²) < 4.78 is 0. The quantitative estimate of drug-likeness (QED) is 0.479. The molecule has 0 amide bonds. The third kappa shape index (κ3) is 2.59. The van der Waals surface area contributed by atoms with Gasteiger partial charge in [0.15, 0.2) is 0 Å². The Morgan fingerprint density at radius 3 is 1.44 bits per heavy atom. The molecule has 6 aliphatic carbocycles. The van der Waals surface area contributed by atoms with Gasteiger partial charge in [-0.05, 0) is 83.4 Å². The van der Waals surface area contributed by atoms with Gasteiger partial charge < -0.3 is 0 Å². The van der Waals surface area contributed by atoms with Gasteiger partial charge in [-0.1, -0.05) is 66.5 Å². The van der Waals surface area contributed by atoms with Crippen molar-refractivity contribution >= 4 is 0 Å². The van der Waals surface area contributed by atoms with Crippen molar-refractivity contribution in [1.29, 1.82) is 0 Å². The van der Waals surface area contributed by atoms with Crippen LogP contribution in [-0.4, -0.2) is 9.97 Å². The van der Waals surface area contributed by atoms with E-state index in [1.165, 1.54) is 61.0 Å². The summed E-state index contributed by atoms with van der Waals surface area (Å²) in [6.07, 6.45) is 7.72. The van der Waals surface area contributed by atoms with E-state index in [1.54, 1.807) is 0 Å². The van der Waals surface area contributed by atoms with Gasteiger partial charge in [0, 0.05) is 23.2 Å². The van der Waals surface area contributed by atoms with E-state index in [4.69, 9.17) is 9.97 Å². The van der Waals surface area contributed by atoms with Crippen LogP contribution >= 0.6 is 0 Å². The summed E-state index contributed by atoms with van der Waals surface area (Å²) in [6, 6.07) is 9.36. The summed E-state index contributed by atoms with van der Waals surface area (Å²) in [5.41, 5.74) is 8.93. The molecule has 4 bridgehead atoms. The zero-order valence-electron chi connectivity index (χ0n) is 20.9. The SMILES string of the molecule is CCCC1c2nc(-c3ccc4c(n3)C(CCC)[C@H]3C[C@@H]4C3(C)C)ccc2[C@@H]2C[C@H]1C2(C)C. The third-order valence-electron chi connectivity index (χ3n) is 10.5. The molecule has 0 radical (unpaired) electrons. The van der Waals surface area contributed by atoms with Crippen molar-refractivity contribution in [2.24, 2.45) is 22.7 Å². The smallest absolute Gasteiger partial charge is 0.0889 e. The molecule has 2 fully saturated rings. The van der Waals surface area contributed by atoms with Crippen LogP contribution < -0.4 is 0 Å². The molecule has 8 rings (SSSR count). The largest absolute Gasteiger partial charge is 0.251 e. The Hall–Kier alpha value is -1.70. The zero-order chi connectivity index (χ0) is 22.4. The molecule has 2 aromatic heterocycles. The molecule has 0 spiro atoms. The van der Waals surface area contributed by atoms with Crippen LogP contribution in [0.5, 0.6) is 0 Å². The fourth-order valence-corrected chi connectivity index (χ4v) is 8.46. The van der Waals surface area contributed by atoms with Gasteiger partial charge in [0.1, 0.15) is 0 Å². The van der Waals surface area contributed by atoms with E-state index in [1.807, 2.05) is 0 Å². The van der Waals surface area contributed by atoms with Gasteiger partial charge in [0.25, 0.3) is 0 Å². The first-order valence-electron chi connectivity index (χ1n) is 13.3. The third-order valence-corrected chi connectivity index (χ3v) is 10.5. The predicted octanol–water partition coefficient (Wildman–Crippen LogP) is 8.20. The number of pyridine rings is 2. The molecule has 6 atom stereocenters.